The number of hydrogen-bond acceptors (Lipinski definition) is 6. The second-order valence-corrected chi connectivity index (χ2v) is 8.18. The molecule has 1 unspecified atom stereocenters. The van der Waals surface area contributed by atoms with E-state index in [1.165, 1.54) is 5.32 Å². The molecule has 0 radical (unpaired) electrons. The fourth-order valence-corrected chi connectivity index (χ4v) is 4.49. The first-order valence-electron chi connectivity index (χ1n) is 11.6. The van der Waals surface area contributed by atoms with E-state index < -0.39 is 11.7 Å². The molecule has 0 spiro atoms. The van der Waals surface area contributed by atoms with Crippen LogP contribution >= 0.6 is 0 Å². The minimum absolute atomic E-state index is 0.120. The van der Waals surface area contributed by atoms with Crippen LogP contribution in [0, 0.1) is 0 Å². The van der Waals surface area contributed by atoms with Crippen molar-refractivity contribution < 1.29 is 29.4 Å². The molecule has 0 aliphatic rings. The highest BCUT2D eigenvalue weighted by Crippen LogP contribution is 2.45. The van der Waals surface area contributed by atoms with Gasteiger partial charge in [-0.25, -0.2) is 4.79 Å². The van der Waals surface area contributed by atoms with Gasteiger partial charge in [0.1, 0.15) is 11.5 Å². The van der Waals surface area contributed by atoms with Crippen LogP contribution < -0.4 is 25.6 Å². The highest BCUT2D eigenvalue weighted by molar-refractivity contribution is 6.10. The van der Waals surface area contributed by atoms with E-state index >= 15 is 0 Å². The van der Waals surface area contributed by atoms with Crippen LogP contribution in [0.1, 0.15) is 12.5 Å². The number of esters is 1. The summed E-state index contributed by atoms with van der Waals surface area (Å²) >= 11 is 0. The van der Waals surface area contributed by atoms with Gasteiger partial charge < -0.3 is 30.4 Å². The number of carbonyl (C=O) groups excluding carboxylic acids is 1. The van der Waals surface area contributed by atoms with Crippen LogP contribution in [0.25, 0.3) is 32.7 Å². The van der Waals surface area contributed by atoms with Crippen LogP contribution in [-0.2, 0) is 15.3 Å². The lowest BCUT2D eigenvalue weighted by Gasteiger charge is -2.35. The maximum atomic E-state index is 13.7. The number of benzene rings is 4. The molecule has 0 aromatic heterocycles. The van der Waals surface area contributed by atoms with Gasteiger partial charge in [0.25, 0.3) is 0 Å². The average molecular weight is 475 g/mol. The lowest BCUT2D eigenvalue weighted by Crippen LogP contribution is -3.02. The van der Waals surface area contributed by atoms with Crippen LogP contribution in [0.5, 0.6) is 11.5 Å². The molecular formula is C28H30N2O5. The van der Waals surface area contributed by atoms with Crippen molar-refractivity contribution in [3.8, 4) is 22.6 Å². The molecule has 1 atom stereocenters. The minimum Gasteiger partial charge on any atom is -0.791 e. The average Bonchev–Trinajstić information content (AvgIpc) is 2.90. The van der Waals surface area contributed by atoms with Crippen molar-refractivity contribution in [1.29, 1.82) is 0 Å². The number of quaternary nitrogens is 1. The predicted molar refractivity (Wildman–Crippen MR) is 134 cm³/mol. The zero-order valence-corrected chi connectivity index (χ0v) is 20.2. The third-order valence-electron chi connectivity index (χ3n) is 6.17. The predicted octanol–water partition coefficient (Wildman–Crippen LogP) is 2.28. The lowest BCUT2D eigenvalue weighted by molar-refractivity contribution is -0.856. The Hall–Kier alpha value is -3.65. The standard InChI is InChI=1S/C28H29N2O5/c1-4-35-27(31)28(32,30-16-15-29)20-11-12-22-19(17-20)10-14-24(34-3)26(22)25-21-8-6-5-7-18(21)9-13-23(25)33-2/h5-14,17,30H,4,15-16,29H2,1-3H3/q-1/p+1. The monoisotopic (exact) mass is 474 g/mol. The summed E-state index contributed by atoms with van der Waals surface area (Å²) < 4.78 is 16.6. The molecule has 0 amide bonds. The van der Waals surface area contributed by atoms with Gasteiger partial charge in [-0.15, -0.1) is 0 Å². The van der Waals surface area contributed by atoms with Crippen molar-refractivity contribution >= 4 is 27.5 Å². The van der Waals surface area contributed by atoms with Gasteiger partial charge in [-0.1, -0.05) is 48.5 Å². The summed E-state index contributed by atoms with van der Waals surface area (Å²) in [5.74, 6) is 0.546. The van der Waals surface area contributed by atoms with Gasteiger partial charge in [-0.05, 0) is 46.7 Å². The van der Waals surface area contributed by atoms with Crippen LogP contribution in [0.15, 0.2) is 66.7 Å². The number of methoxy groups -OCH3 is 2. The molecule has 35 heavy (non-hydrogen) atoms. The fourth-order valence-electron chi connectivity index (χ4n) is 4.49. The molecular weight excluding hydrogens is 444 g/mol. The Bertz CT molecular complexity index is 1370. The zero-order chi connectivity index (χ0) is 25.0. The number of carbonyl (C=O) groups is 1. The molecule has 7 nitrogen and oxygen atoms in total. The smallest absolute Gasteiger partial charge is 0.356 e. The topological polar surface area (TPSA) is 110 Å². The fraction of sp³-hybridized carbons (Fsp3) is 0.250. The van der Waals surface area contributed by atoms with Gasteiger partial charge in [0.15, 0.2) is 5.72 Å². The first kappa shape index (κ1) is 24.5. The maximum Gasteiger partial charge on any atom is 0.356 e. The molecule has 0 saturated carbocycles. The Morgan fingerprint density at radius 1 is 0.914 bits per heavy atom. The zero-order valence-electron chi connectivity index (χ0n) is 20.2. The van der Waals surface area contributed by atoms with Crippen LogP contribution in [0.2, 0.25) is 0 Å². The molecule has 0 aliphatic heterocycles. The van der Waals surface area contributed by atoms with E-state index in [0.29, 0.717) is 23.6 Å². The molecule has 0 bridgehead atoms. The molecule has 7 heteroatoms. The summed E-state index contributed by atoms with van der Waals surface area (Å²) in [7, 11) is 3.27. The third kappa shape index (κ3) is 4.41. The van der Waals surface area contributed by atoms with Gasteiger partial charge in [-0.2, -0.15) is 0 Å². The van der Waals surface area contributed by atoms with Crippen molar-refractivity contribution in [3.05, 3.63) is 72.3 Å². The summed E-state index contributed by atoms with van der Waals surface area (Å²) in [5.41, 5.74) is 5.52. The molecule has 0 fully saturated rings. The lowest BCUT2D eigenvalue weighted by atomic mass is 9.90. The number of ether oxygens (including phenoxy) is 3. The Kier molecular flexibility index (Phi) is 7.21. The van der Waals surface area contributed by atoms with E-state index in [0.717, 1.165) is 32.7 Å². The van der Waals surface area contributed by atoms with Crippen molar-refractivity contribution in [2.75, 3.05) is 33.9 Å². The second kappa shape index (κ2) is 10.3. The van der Waals surface area contributed by atoms with Crippen molar-refractivity contribution in [2.24, 2.45) is 5.73 Å². The third-order valence-corrected chi connectivity index (χ3v) is 6.17. The van der Waals surface area contributed by atoms with Crippen LogP contribution in [0.4, 0.5) is 0 Å². The van der Waals surface area contributed by atoms with Gasteiger partial charge in [0, 0.05) is 23.2 Å². The quantitative estimate of drug-likeness (QED) is 0.284. The number of hydrogen-bond donors (Lipinski definition) is 2. The molecule has 4 aromatic rings. The number of fused-ring (bicyclic) bond motifs is 2. The molecule has 0 saturated heterocycles. The van der Waals surface area contributed by atoms with E-state index in [9.17, 15) is 9.90 Å². The van der Waals surface area contributed by atoms with Gasteiger partial charge in [0.05, 0.1) is 27.4 Å². The molecule has 182 valence electrons. The highest BCUT2D eigenvalue weighted by atomic mass is 16.6. The van der Waals surface area contributed by atoms with Crippen LogP contribution in [-0.4, -0.2) is 39.9 Å². The largest absolute Gasteiger partial charge is 0.791 e. The van der Waals surface area contributed by atoms with Gasteiger partial charge in [-0.3, -0.25) is 0 Å². The van der Waals surface area contributed by atoms with E-state index in [2.05, 4.69) is 0 Å². The van der Waals surface area contributed by atoms with Gasteiger partial charge >= 0.3 is 5.97 Å². The van der Waals surface area contributed by atoms with E-state index in [1.54, 1.807) is 33.3 Å². The molecule has 0 aliphatic carbocycles. The summed E-state index contributed by atoms with van der Waals surface area (Å²) in [6.07, 6.45) is 0. The molecule has 4 aromatic carbocycles. The van der Waals surface area contributed by atoms with E-state index in [1.807, 2.05) is 54.6 Å². The van der Waals surface area contributed by atoms with E-state index in [-0.39, 0.29) is 13.2 Å². The van der Waals surface area contributed by atoms with Crippen molar-refractivity contribution in [3.63, 3.8) is 0 Å². The maximum absolute atomic E-state index is 13.7. The Labute approximate surface area is 204 Å². The highest BCUT2D eigenvalue weighted by Gasteiger charge is 2.34. The van der Waals surface area contributed by atoms with Crippen molar-refractivity contribution in [2.45, 2.75) is 12.6 Å². The first-order chi connectivity index (χ1) is 17.0. The van der Waals surface area contributed by atoms with Crippen molar-refractivity contribution in [1.82, 2.24) is 0 Å². The second-order valence-electron chi connectivity index (χ2n) is 8.18. The SMILES string of the molecule is CCOC(=O)C([O-])([NH2+]CCN)c1ccc2c(-c3c(OC)ccc4ccccc34)c(OC)ccc2c1. The summed E-state index contributed by atoms with van der Waals surface area (Å²) in [5, 5.41) is 18.9. The molecule has 4 rings (SSSR count). The number of rotatable bonds is 9. The summed E-state index contributed by atoms with van der Waals surface area (Å²) in [6, 6.07) is 21.1. The molecule has 4 N–H and O–H groups in total. The normalized spacial score (nSPS) is 12.9. The Morgan fingerprint density at radius 3 is 2.17 bits per heavy atom. The minimum atomic E-state index is -2.15. The summed E-state index contributed by atoms with van der Waals surface area (Å²) in [4.78, 5) is 12.7. The Morgan fingerprint density at radius 2 is 1.54 bits per heavy atom. The van der Waals surface area contributed by atoms with Crippen LogP contribution in [0.3, 0.4) is 0 Å². The first-order valence-corrected chi connectivity index (χ1v) is 11.6. The van der Waals surface area contributed by atoms with Gasteiger partial charge in [0.2, 0.25) is 0 Å². The molecule has 0 heterocycles. The van der Waals surface area contributed by atoms with E-state index in [4.69, 9.17) is 19.9 Å². The summed E-state index contributed by atoms with van der Waals surface area (Å²) in [6.45, 7) is 2.35. The Balaban J connectivity index is 1.98. The number of nitrogens with two attached hydrogens (primary N) is 2.